The van der Waals surface area contributed by atoms with Gasteiger partial charge in [0.05, 0.1) is 0 Å². The molecule has 1 saturated heterocycles. The van der Waals surface area contributed by atoms with Crippen molar-refractivity contribution in [1.82, 2.24) is 4.90 Å². The lowest BCUT2D eigenvalue weighted by molar-refractivity contribution is 0.273. The van der Waals surface area contributed by atoms with Crippen LogP contribution in [0.3, 0.4) is 0 Å². The van der Waals surface area contributed by atoms with E-state index in [0.717, 1.165) is 31.6 Å². The maximum atomic E-state index is 13.1. The molecule has 1 aliphatic heterocycles. The fourth-order valence-electron chi connectivity index (χ4n) is 2.39. The average Bonchev–Trinajstić information content (AvgIpc) is 2.69. The van der Waals surface area contributed by atoms with Crippen LogP contribution in [0.25, 0.3) is 0 Å². The summed E-state index contributed by atoms with van der Waals surface area (Å²) >= 11 is 0. The lowest BCUT2D eigenvalue weighted by Gasteiger charge is -2.22. The zero-order chi connectivity index (χ0) is 13.3. The molecule has 0 saturated carbocycles. The van der Waals surface area contributed by atoms with Crippen molar-refractivity contribution in [3.05, 3.63) is 35.1 Å². The second kappa shape index (κ2) is 6.11. The highest BCUT2D eigenvalue weighted by Crippen LogP contribution is 2.29. The molecule has 0 spiro atoms. The Morgan fingerprint density at radius 3 is 2.32 bits per heavy atom. The fourth-order valence-corrected chi connectivity index (χ4v) is 2.39. The Morgan fingerprint density at radius 1 is 1.26 bits per heavy atom. The van der Waals surface area contributed by atoms with Crippen LogP contribution in [0.5, 0.6) is 0 Å². The van der Waals surface area contributed by atoms with E-state index >= 15 is 0 Å². The number of hydrogen-bond donors (Lipinski definition) is 1. The van der Waals surface area contributed by atoms with Gasteiger partial charge >= 0.3 is 0 Å². The highest BCUT2D eigenvalue weighted by atomic mass is 35.5. The third kappa shape index (κ3) is 3.61. The molecular formula is C13H18ClF3N2. The van der Waals surface area contributed by atoms with Crippen molar-refractivity contribution in [2.45, 2.75) is 19.9 Å². The normalized spacial score (nSPS) is 23.4. The molecule has 0 bridgehead atoms. The molecule has 1 atom stereocenters. The average molecular weight is 295 g/mol. The molecule has 6 heteroatoms. The monoisotopic (exact) mass is 294 g/mol. The van der Waals surface area contributed by atoms with Gasteiger partial charge < -0.3 is 5.73 Å². The minimum atomic E-state index is -1.41. The molecule has 1 aliphatic rings. The Balaban J connectivity index is 0.00000180. The van der Waals surface area contributed by atoms with E-state index in [9.17, 15) is 13.2 Å². The number of rotatable bonds is 3. The molecule has 19 heavy (non-hydrogen) atoms. The lowest BCUT2D eigenvalue weighted by atomic mass is 9.90. The molecule has 0 radical (unpaired) electrons. The molecule has 0 amide bonds. The molecule has 0 aromatic heterocycles. The zero-order valence-corrected chi connectivity index (χ0v) is 11.6. The van der Waals surface area contributed by atoms with Crippen molar-refractivity contribution in [3.8, 4) is 0 Å². The Kier molecular flexibility index (Phi) is 5.24. The number of benzene rings is 1. The summed E-state index contributed by atoms with van der Waals surface area (Å²) in [7, 11) is 0. The first kappa shape index (κ1) is 16.3. The first-order valence-electron chi connectivity index (χ1n) is 5.99. The first-order valence-corrected chi connectivity index (χ1v) is 5.99. The lowest BCUT2D eigenvalue weighted by Crippen LogP contribution is -2.31. The van der Waals surface area contributed by atoms with Gasteiger partial charge in [0.15, 0.2) is 17.5 Å². The minimum absolute atomic E-state index is 0. The summed E-state index contributed by atoms with van der Waals surface area (Å²) in [6.07, 6.45) is 0.968. The number of halogens is 4. The van der Waals surface area contributed by atoms with Crippen molar-refractivity contribution in [2.75, 3.05) is 19.6 Å². The van der Waals surface area contributed by atoms with Gasteiger partial charge in [0.2, 0.25) is 0 Å². The van der Waals surface area contributed by atoms with Gasteiger partial charge in [-0.1, -0.05) is 6.92 Å². The van der Waals surface area contributed by atoms with Gasteiger partial charge in [-0.2, -0.15) is 0 Å². The third-order valence-electron chi connectivity index (χ3n) is 3.58. The van der Waals surface area contributed by atoms with Crippen LogP contribution in [-0.2, 0) is 6.54 Å². The molecule has 2 rings (SSSR count). The van der Waals surface area contributed by atoms with E-state index in [1.54, 1.807) is 0 Å². The van der Waals surface area contributed by atoms with Crippen LogP contribution in [0.15, 0.2) is 12.1 Å². The van der Waals surface area contributed by atoms with Gasteiger partial charge in [0.1, 0.15) is 0 Å². The van der Waals surface area contributed by atoms with E-state index in [2.05, 4.69) is 11.8 Å². The van der Waals surface area contributed by atoms with E-state index in [1.807, 2.05) is 0 Å². The van der Waals surface area contributed by atoms with Gasteiger partial charge in [-0.3, -0.25) is 4.90 Å². The van der Waals surface area contributed by atoms with E-state index in [-0.39, 0.29) is 17.8 Å². The van der Waals surface area contributed by atoms with Crippen LogP contribution >= 0.6 is 12.4 Å². The smallest absolute Gasteiger partial charge is 0.194 e. The largest absolute Gasteiger partial charge is 0.330 e. The van der Waals surface area contributed by atoms with Crippen molar-refractivity contribution >= 4 is 12.4 Å². The van der Waals surface area contributed by atoms with E-state index < -0.39 is 17.5 Å². The summed E-state index contributed by atoms with van der Waals surface area (Å²) in [4.78, 5) is 2.08. The van der Waals surface area contributed by atoms with Crippen LogP contribution < -0.4 is 5.73 Å². The Morgan fingerprint density at radius 2 is 1.84 bits per heavy atom. The molecule has 1 aromatic carbocycles. The van der Waals surface area contributed by atoms with Crippen LogP contribution in [0.2, 0.25) is 0 Å². The molecular weight excluding hydrogens is 277 g/mol. The standard InChI is InChI=1S/C13H17F3N2.ClH/c1-13(7-17)2-3-18(8-13)6-9-4-10(14)12(16)11(15)5-9;/h4-5H,2-3,6-8,17H2,1H3;1H. The summed E-state index contributed by atoms with van der Waals surface area (Å²) in [6, 6.07) is 2.10. The Hall–Kier alpha value is -0.780. The summed E-state index contributed by atoms with van der Waals surface area (Å²) < 4.78 is 39.0. The quantitative estimate of drug-likeness (QED) is 0.869. The van der Waals surface area contributed by atoms with Gasteiger partial charge in [-0.25, -0.2) is 13.2 Å². The third-order valence-corrected chi connectivity index (χ3v) is 3.58. The SMILES string of the molecule is CC1(CN)CCN(Cc2cc(F)c(F)c(F)c2)C1.Cl. The number of likely N-dealkylation sites (tertiary alicyclic amines) is 1. The summed E-state index contributed by atoms with van der Waals surface area (Å²) in [5.41, 5.74) is 6.21. The van der Waals surface area contributed by atoms with Crippen molar-refractivity contribution in [3.63, 3.8) is 0 Å². The molecule has 1 unspecified atom stereocenters. The molecule has 1 heterocycles. The molecule has 1 fully saturated rings. The van der Waals surface area contributed by atoms with Gasteiger partial charge in [0.25, 0.3) is 0 Å². The van der Waals surface area contributed by atoms with Gasteiger partial charge in [-0.05, 0) is 42.6 Å². The van der Waals surface area contributed by atoms with Crippen LogP contribution in [0, 0.1) is 22.9 Å². The minimum Gasteiger partial charge on any atom is -0.330 e. The molecule has 2 N–H and O–H groups in total. The van der Waals surface area contributed by atoms with E-state index in [1.165, 1.54) is 0 Å². The topological polar surface area (TPSA) is 29.3 Å². The van der Waals surface area contributed by atoms with Gasteiger partial charge in [-0.15, -0.1) is 12.4 Å². The van der Waals surface area contributed by atoms with E-state index in [4.69, 9.17) is 5.73 Å². The van der Waals surface area contributed by atoms with Crippen molar-refractivity contribution < 1.29 is 13.2 Å². The van der Waals surface area contributed by atoms with Crippen LogP contribution in [-0.4, -0.2) is 24.5 Å². The molecule has 1 aromatic rings. The van der Waals surface area contributed by atoms with Crippen molar-refractivity contribution in [1.29, 1.82) is 0 Å². The summed E-state index contributed by atoms with van der Waals surface area (Å²) in [5, 5.41) is 0. The predicted octanol–water partition coefficient (Wildman–Crippen LogP) is 2.70. The van der Waals surface area contributed by atoms with Crippen LogP contribution in [0.4, 0.5) is 13.2 Å². The number of nitrogens with two attached hydrogens (primary N) is 1. The number of nitrogens with zero attached hydrogens (tertiary/aromatic N) is 1. The molecule has 108 valence electrons. The fraction of sp³-hybridized carbons (Fsp3) is 0.538. The Labute approximate surface area is 117 Å². The van der Waals surface area contributed by atoms with E-state index in [0.29, 0.717) is 18.7 Å². The number of hydrogen-bond acceptors (Lipinski definition) is 2. The highest BCUT2D eigenvalue weighted by molar-refractivity contribution is 5.85. The second-order valence-corrected chi connectivity index (χ2v) is 5.35. The van der Waals surface area contributed by atoms with Gasteiger partial charge in [0, 0.05) is 13.1 Å². The summed E-state index contributed by atoms with van der Waals surface area (Å²) in [5.74, 6) is -3.68. The molecule has 0 aliphatic carbocycles. The molecule has 2 nitrogen and oxygen atoms in total. The maximum absolute atomic E-state index is 13.1. The predicted molar refractivity (Wildman–Crippen MR) is 70.6 cm³/mol. The Bertz CT molecular complexity index is 433. The first-order chi connectivity index (χ1) is 8.43. The van der Waals surface area contributed by atoms with Crippen molar-refractivity contribution in [2.24, 2.45) is 11.1 Å². The zero-order valence-electron chi connectivity index (χ0n) is 10.8. The highest BCUT2D eigenvalue weighted by Gasteiger charge is 2.32. The maximum Gasteiger partial charge on any atom is 0.194 e. The second-order valence-electron chi connectivity index (χ2n) is 5.35. The summed E-state index contributed by atoms with van der Waals surface area (Å²) in [6.45, 7) is 4.75. The van der Waals surface area contributed by atoms with Crippen LogP contribution in [0.1, 0.15) is 18.9 Å².